The van der Waals surface area contributed by atoms with Crippen molar-refractivity contribution in [3.05, 3.63) is 34.8 Å². The summed E-state index contributed by atoms with van der Waals surface area (Å²) in [4.78, 5) is 31.5. The van der Waals surface area contributed by atoms with Crippen molar-refractivity contribution in [3.63, 3.8) is 0 Å². The number of halogens is 1. The van der Waals surface area contributed by atoms with Crippen molar-refractivity contribution in [2.45, 2.75) is 45.8 Å². The average Bonchev–Trinajstić information content (AvgIpc) is 3.05. The van der Waals surface area contributed by atoms with Gasteiger partial charge >= 0.3 is 6.09 Å². The van der Waals surface area contributed by atoms with Crippen LogP contribution in [0.4, 0.5) is 4.79 Å². The molecule has 3 heterocycles. The predicted octanol–water partition coefficient (Wildman–Crippen LogP) is 3.78. The molecule has 1 saturated heterocycles. The van der Waals surface area contributed by atoms with Gasteiger partial charge in [-0.3, -0.25) is 4.79 Å². The van der Waals surface area contributed by atoms with E-state index in [-0.39, 0.29) is 35.8 Å². The molecule has 156 valence electrons. The number of ether oxygens (including phenoxy) is 1. The Balaban J connectivity index is 1.39. The van der Waals surface area contributed by atoms with Gasteiger partial charge in [0.05, 0.1) is 17.8 Å². The summed E-state index contributed by atoms with van der Waals surface area (Å²) in [5, 5.41) is 3.13. The van der Waals surface area contributed by atoms with E-state index in [0.717, 1.165) is 22.2 Å². The molecule has 1 saturated carbocycles. The summed E-state index contributed by atoms with van der Waals surface area (Å²) in [5.41, 5.74) is 0.463. The number of nitrogens with one attached hydrogen (secondary N) is 1. The van der Waals surface area contributed by atoms with Gasteiger partial charge in [0, 0.05) is 29.7 Å². The fourth-order valence-corrected chi connectivity index (χ4v) is 4.94. The van der Waals surface area contributed by atoms with Crippen LogP contribution in [-0.4, -0.2) is 45.0 Å². The van der Waals surface area contributed by atoms with E-state index in [4.69, 9.17) is 4.74 Å². The Morgan fingerprint density at radius 1 is 1.31 bits per heavy atom. The lowest BCUT2D eigenvalue weighted by molar-refractivity contribution is -0.142. The van der Waals surface area contributed by atoms with E-state index >= 15 is 0 Å². The molecular weight excluding hydrogens is 436 g/mol. The smallest absolute Gasteiger partial charge is 0.410 e. The van der Waals surface area contributed by atoms with Gasteiger partial charge < -0.3 is 19.4 Å². The number of carbonyl (C=O) groups is 2. The highest BCUT2D eigenvalue weighted by Gasteiger charge is 2.52. The van der Waals surface area contributed by atoms with Gasteiger partial charge in [-0.1, -0.05) is 0 Å². The van der Waals surface area contributed by atoms with E-state index in [9.17, 15) is 9.59 Å². The van der Waals surface area contributed by atoms with Gasteiger partial charge in [0.25, 0.3) is 0 Å². The van der Waals surface area contributed by atoms with Crippen molar-refractivity contribution < 1.29 is 14.3 Å². The minimum atomic E-state index is -0.507. The van der Waals surface area contributed by atoms with Crippen LogP contribution in [0.5, 0.6) is 0 Å². The molecule has 2 aromatic heterocycles. The summed E-state index contributed by atoms with van der Waals surface area (Å²) in [5.74, 6) is 1.19. The third-order valence-corrected chi connectivity index (χ3v) is 6.45. The van der Waals surface area contributed by atoms with Crippen LogP contribution in [0.2, 0.25) is 0 Å². The standard InChI is InChI=1S/C21H27BrN4O3/c1-12(18-23-9-16-15(22)6-5-7-26(16)18)24-19(27)17-13-8-14(17)11-25(10-13)20(28)29-21(2,3)4/h5-7,9,12-14,17H,8,10-11H2,1-4H3,(H,24,27)/t12-,13-,14+,17?/m0/s1. The minimum absolute atomic E-state index is 0.0471. The Labute approximate surface area is 178 Å². The summed E-state index contributed by atoms with van der Waals surface area (Å²) in [7, 11) is 0. The fraction of sp³-hybridized carbons (Fsp3) is 0.571. The van der Waals surface area contributed by atoms with Crippen molar-refractivity contribution >= 4 is 33.4 Å². The molecule has 1 unspecified atom stereocenters. The molecule has 0 radical (unpaired) electrons. The molecule has 2 bridgehead atoms. The number of amides is 2. The molecule has 4 rings (SSSR count). The quantitative estimate of drug-likeness (QED) is 0.752. The van der Waals surface area contributed by atoms with Gasteiger partial charge in [0.2, 0.25) is 5.91 Å². The number of piperidine rings is 2. The third kappa shape index (κ3) is 3.86. The molecule has 2 amide bonds. The zero-order valence-corrected chi connectivity index (χ0v) is 18.8. The fourth-order valence-electron chi connectivity index (χ4n) is 4.49. The zero-order valence-electron chi connectivity index (χ0n) is 17.2. The van der Waals surface area contributed by atoms with E-state index in [0.29, 0.717) is 13.1 Å². The van der Waals surface area contributed by atoms with Crippen LogP contribution in [0, 0.1) is 17.8 Å². The molecule has 7 nitrogen and oxygen atoms in total. The van der Waals surface area contributed by atoms with Crippen LogP contribution in [0.25, 0.3) is 5.52 Å². The molecule has 1 N–H and O–H groups in total. The number of imidazole rings is 1. The van der Waals surface area contributed by atoms with E-state index in [1.807, 2.05) is 50.4 Å². The van der Waals surface area contributed by atoms with Gasteiger partial charge in [0.15, 0.2) is 0 Å². The van der Waals surface area contributed by atoms with Crippen molar-refractivity contribution in [2.75, 3.05) is 13.1 Å². The number of likely N-dealkylation sites (tertiary alicyclic amines) is 1. The number of aromatic nitrogens is 2. The van der Waals surface area contributed by atoms with Crippen molar-refractivity contribution in [1.82, 2.24) is 19.6 Å². The van der Waals surface area contributed by atoms with Crippen LogP contribution in [0.1, 0.15) is 46.0 Å². The normalized spacial score (nSPS) is 24.7. The van der Waals surface area contributed by atoms with E-state index in [1.165, 1.54) is 0 Å². The second-order valence-corrected chi connectivity index (χ2v) is 9.98. The number of pyridine rings is 1. The second kappa shape index (κ2) is 7.31. The molecule has 2 fully saturated rings. The number of hydrogen-bond donors (Lipinski definition) is 1. The maximum absolute atomic E-state index is 13.0. The Bertz CT molecular complexity index is 939. The van der Waals surface area contributed by atoms with E-state index < -0.39 is 5.60 Å². The Morgan fingerprint density at radius 2 is 2.00 bits per heavy atom. The lowest BCUT2D eigenvalue weighted by Gasteiger charge is -2.52. The van der Waals surface area contributed by atoms with Crippen LogP contribution in [-0.2, 0) is 9.53 Å². The largest absolute Gasteiger partial charge is 0.444 e. The molecule has 8 heteroatoms. The monoisotopic (exact) mass is 462 g/mol. The molecule has 2 aliphatic rings. The Kier molecular flexibility index (Phi) is 5.09. The van der Waals surface area contributed by atoms with Crippen LogP contribution in [0.3, 0.4) is 0 Å². The van der Waals surface area contributed by atoms with Crippen molar-refractivity contribution in [1.29, 1.82) is 0 Å². The maximum atomic E-state index is 13.0. The van der Waals surface area contributed by atoms with Gasteiger partial charge in [-0.2, -0.15) is 0 Å². The number of hydrogen-bond acceptors (Lipinski definition) is 4. The predicted molar refractivity (Wildman–Crippen MR) is 112 cm³/mol. The first-order valence-electron chi connectivity index (χ1n) is 10.0. The molecule has 1 aliphatic heterocycles. The van der Waals surface area contributed by atoms with E-state index in [2.05, 4.69) is 26.2 Å². The molecule has 4 atom stereocenters. The zero-order chi connectivity index (χ0) is 20.9. The number of carbonyl (C=O) groups excluding carboxylic acids is 2. The topological polar surface area (TPSA) is 75.9 Å². The molecular formula is C21H27BrN4O3. The SMILES string of the molecule is C[C@H](NC(=O)C1[C@@H]2C[C@H]1CN(C(=O)OC(C)(C)C)C2)c1ncc2c(Br)cccn12. The first kappa shape index (κ1) is 20.2. The molecule has 1 aliphatic carbocycles. The number of nitrogens with zero attached hydrogens (tertiary/aromatic N) is 3. The van der Waals surface area contributed by atoms with Crippen molar-refractivity contribution in [2.24, 2.45) is 17.8 Å². The highest BCUT2D eigenvalue weighted by atomic mass is 79.9. The second-order valence-electron chi connectivity index (χ2n) is 9.13. The summed E-state index contributed by atoms with van der Waals surface area (Å²) < 4.78 is 8.43. The van der Waals surface area contributed by atoms with Gasteiger partial charge in [-0.05, 0) is 74.0 Å². The van der Waals surface area contributed by atoms with Crippen LogP contribution in [0.15, 0.2) is 29.0 Å². The molecule has 29 heavy (non-hydrogen) atoms. The van der Waals surface area contributed by atoms with Crippen molar-refractivity contribution in [3.8, 4) is 0 Å². The summed E-state index contributed by atoms with van der Waals surface area (Å²) in [6.07, 6.45) is 4.46. The summed E-state index contributed by atoms with van der Waals surface area (Å²) in [6.45, 7) is 8.71. The highest BCUT2D eigenvalue weighted by Crippen LogP contribution is 2.46. The average molecular weight is 463 g/mol. The number of rotatable bonds is 3. The van der Waals surface area contributed by atoms with Crippen LogP contribution < -0.4 is 5.32 Å². The summed E-state index contributed by atoms with van der Waals surface area (Å²) in [6, 6.07) is 3.71. The molecule has 0 spiro atoms. The number of fused-ring (bicyclic) bond motifs is 3. The maximum Gasteiger partial charge on any atom is 0.410 e. The first-order valence-corrected chi connectivity index (χ1v) is 10.8. The summed E-state index contributed by atoms with van der Waals surface area (Å²) >= 11 is 3.53. The Morgan fingerprint density at radius 3 is 2.66 bits per heavy atom. The molecule has 0 aromatic carbocycles. The van der Waals surface area contributed by atoms with E-state index in [1.54, 1.807) is 11.1 Å². The lowest BCUT2D eigenvalue weighted by Crippen LogP contribution is -2.61. The minimum Gasteiger partial charge on any atom is -0.444 e. The highest BCUT2D eigenvalue weighted by molar-refractivity contribution is 9.10. The third-order valence-electron chi connectivity index (χ3n) is 5.78. The first-order chi connectivity index (χ1) is 13.6. The van der Waals surface area contributed by atoms with Gasteiger partial charge in [-0.25, -0.2) is 9.78 Å². The lowest BCUT2D eigenvalue weighted by atomic mass is 9.61. The van der Waals surface area contributed by atoms with Gasteiger partial charge in [-0.15, -0.1) is 0 Å². The van der Waals surface area contributed by atoms with Crippen LogP contribution >= 0.6 is 15.9 Å². The molecule has 2 aromatic rings. The Hall–Kier alpha value is -2.09. The van der Waals surface area contributed by atoms with Gasteiger partial charge in [0.1, 0.15) is 11.4 Å².